The number of anilines is 1. The summed E-state index contributed by atoms with van der Waals surface area (Å²) in [6, 6.07) is 4.18. The van der Waals surface area contributed by atoms with E-state index in [9.17, 15) is 0 Å². The van der Waals surface area contributed by atoms with Crippen LogP contribution in [0.1, 0.15) is 12.7 Å². The van der Waals surface area contributed by atoms with Crippen molar-refractivity contribution in [3.63, 3.8) is 0 Å². The Morgan fingerprint density at radius 1 is 1.41 bits per heavy atom. The Bertz CT molecular complexity index is 903. The van der Waals surface area contributed by atoms with Gasteiger partial charge in [0.15, 0.2) is 11.8 Å². The number of hydrogen-bond acceptors (Lipinski definition) is 6. The minimum Gasteiger partial charge on any atom is -0.469 e. The molecule has 3 aromatic heterocycles. The van der Waals surface area contributed by atoms with Crippen molar-refractivity contribution in [1.29, 1.82) is 0 Å². The van der Waals surface area contributed by atoms with Crippen LogP contribution in [-0.2, 0) is 6.42 Å². The zero-order chi connectivity index (χ0) is 18.6. The Morgan fingerprint density at radius 2 is 2.33 bits per heavy atom. The molecule has 0 spiro atoms. The van der Waals surface area contributed by atoms with E-state index >= 15 is 0 Å². The van der Waals surface area contributed by atoms with Gasteiger partial charge >= 0.3 is 0 Å². The van der Waals surface area contributed by atoms with Crippen molar-refractivity contribution < 1.29 is 4.42 Å². The van der Waals surface area contributed by atoms with E-state index in [4.69, 9.17) is 4.42 Å². The number of aromatic nitrogens is 4. The molecule has 1 unspecified atom stereocenters. The lowest BCUT2D eigenvalue weighted by atomic mass is 10.2. The average Bonchev–Trinajstić information content (AvgIpc) is 3.36. The SMILES string of the molecule is CN=C(NCCc1ccco1)N1CCN(c2nccn3cnnc23)C(C)C1. The van der Waals surface area contributed by atoms with Crippen LogP contribution >= 0.6 is 0 Å². The summed E-state index contributed by atoms with van der Waals surface area (Å²) < 4.78 is 7.28. The summed E-state index contributed by atoms with van der Waals surface area (Å²) in [5, 5.41) is 11.6. The molecule has 0 aromatic carbocycles. The van der Waals surface area contributed by atoms with Crippen LogP contribution in [0.5, 0.6) is 0 Å². The Balaban J connectivity index is 1.39. The van der Waals surface area contributed by atoms with Crippen molar-refractivity contribution in [2.75, 3.05) is 38.1 Å². The number of piperazine rings is 1. The van der Waals surface area contributed by atoms with E-state index in [-0.39, 0.29) is 6.04 Å². The molecule has 0 radical (unpaired) electrons. The Hall–Kier alpha value is -3.10. The molecular formula is C18H24N8O. The lowest BCUT2D eigenvalue weighted by Crippen LogP contribution is -2.57. The molecule has 3 aromatic rings. The van der Waals surface area contributed by atoms with Gasteiger partial charge in [0.2, 0.25) is 5.65 Å². The third-order valence-corrected chi connectivity index (χ3v) is 4.84. The Morgan fingerprint density at radius 3 is 3.11 bits per heavy atom. The van der Waals surface area contributed by atoms with Crippen LogP contribution < -0.4 is 10.2 Å². The van der Waals surface area contributed by atoms with Gasteiger partial charge in [-0.25, -0.2) is 4.98 Å². The summed E-state index contributed by atoms with van der Waals surface area (Å²) in [4.78, 5) is 13.6. The van der Waals surface area contributed by atoms with Crippen LogP contribution in [0.25, 0.3) is 5.65 Å². The highest BCUT2D eigenvalue weighted by Gasteiger charge is 2.28. The predicted molar refractivity (Wildman–Crippen MR) is 103 cm³/mol. The summed E-state index contributed by atoms with van der Waals surface area (Å²) in [6.07, 6.45) is 7.89. The second-order valence-corrected chi connectivity index (χ2v) is 6.60. The van der Waals surface area contributed by atoms with Gasteiger partial charge in [-0.05, 0) is 19.1 Å². The summed E-state index contributed by atoms with van der Waals surface area (Å²) in [6.45, 7) is 5.55. The normalized spacial score (nSPS) is 18.3. The molecule has 27 heavy (non-hydrogen) atoms. The molecule has 0 bridgehead atoms. The molecule has 0 saturated carbocycles. The molecule has 1 saturated heterocycles. The molecule has 1 fully saturated rings. The fourth-order valence-electron chi connectivity index (χ4n) is 3.50. The monoisotopic (exact) mass is 368 g/mol. The van der Waals surface area contributed by atoms with Crippen LogP contribution in [0, 0.1) is 0 Å². The van der Waals surface area contributed by atoms with Gasteiger partial charge in [-0.3, -0.25) is 9.39 Å². The highest BCUT2D eigenvalue weighted by atomic mass is 16.3. The number of nitrogens with one attached hydrogen (secondary N) is 1. The molecular weight excluding hydrogens is 344 g/mol. The minimum absolute atomic E-state index is 0.276. The zero-order valence-electron chi connectivity index (χ0n) is 15.6. The standard InChI is InChI=1S/C18H24N8O/c1-14-12-24(18(19-2)21-6-5-15-4-3-11-27-15)9-10-26(14)16-17-23-22-13-25(17)8-7-20-16/h3-4,7-8,11,13-14H,5-6,9-10,12H2,1-2H3,(H,19,21). The van der Waals surface area contributed by atoms with Crippen molar-refractivity contribution in [2.24, 2.45) is 4.99 Å². The molecule has 0 amide bonds. The van der Waals surface area contributed by atoms with Crippen molar-refractivity contribution in [2.45, 2.75) is 19.4 Å². The first kappa shape index (κ1) is 17.3. The van der Waals surface area contributed by atoms with Gasteiger partial charge in [0.1, 0.15) is 12.1 Å². The van der Waals surface area contributed by atoms with E-state index in [1.807, 2.05) is 29.8 Å². The first-order chi connectivity index (χ1) is 13.3. The Labute approximate surface area is 157 Å². The molecule has 0 aliphatic carbocycles. The highest BCUT2D eigenvalue weighted by Crippen LogP contribution is 2.21. The minimum atomic E-state index is 0.276. The van der Waals surface area contributed by atoms with Crippen LogP contribution in [0.15, 0.2) is 46.5 Å². The predicted octanol–water partition coefficient (Wildman–Crippen LogP) is 1.05. The van der Waals surface area contributed by atoms with Gasteiger partial charge in [0.05, 0.1) is 6.26 Å². The third-order valence-electron chi connectivity index (χ3n) is 4.84. The number of hydrogen-bond donors (Lipinski definition) is 1. The maximum atomic E-state index is 5.38. The average molecular weight is 368 g/mol. The second-order valence-electron chi connectivity index (χ2n) is 6.60. The largest absolute Gasteiger partial charge is 0.469 e. The van der Waals surface area contributed by atoms with Gasteiger partial charge in [0.25, 0.3) is 0 Å². The number of rotatable bonds is 4. The summed E-state index contributed by atoms with van der Waals surface area (Å²) in [7, 11) is 1.82. The smallest absolute Gasteiger partial charge is 0.203 e. The van der Waals surface area contributed by atoms with Crippen LogP contribution in [0.3, 0.4) is 0 Å². The summed E-state index contributed by atoms with van der Waals surface area (Å²) in [5.74, 6) is 2.77. The van der Waals surface area contributed by atoms with E-state index in [2.05, 4.69) is 42.2 Å². The van der Waals surface area contributed by atoms with Crippen molar-refractivity contribution in [3.8, 4) is 0 Å². The lowest BCUT2D eigenvalue weighted by molar-refractivity contribution is 0.327. The Kier molecular flexibility index (Phi) is 4.91. The van der Waals surface area contributed by atoms with E-state index < -0.39 is 0 Å². The molecule has 4 heterocycles. The lowest BCUT2D eigenvalue weighted by Gasteiger charge is -2.41. The first-order valence-electron chi connectivity index (χ1n) is 9.15. The molecule has 1 aliphatic heterocycles. The number of nitrogens with zero attached hydrogens (tertiary/aromatic N) is 7. The molecule has 1 N–H and O–H groups in total. The highest BCUT2D eigenvalue weighted by molar-refractivity contribution is 5.80. The summed E-state index contributed by atoms with van der Waals surface area (Å²) >= 11 is 0. The second kappa shape index (κ2) is 7.65. The fourth-order valence-corrected chi connectivity index (χ4v) is 3.50. The quantitative estimate of drug-likeness (QED) is 0.544. The van der Waals surface area contributed by atoms with Crippen molar-refractivity contribution in [3.05, 3.63) is 42.9 Å². The van der Waals surface area contributed by atoms with Gasteiger partial charge in [-0.1, -0.05) is 0 Å². The van der Waals surface area contributed by atoms with E-state index in [0.29, 0.717) is 0 Å². The van der Waals surface area contributed by atoms with Crippen LogP contribution in [-0.4, -0.2) is 69.7 Å². The summed E-state index contributed by atoms with van der Waals surface area (Å²) in [5.41, 5.74) is 0.791. The van der Waals surface area contributed by atoms with Gasteiger partial charge in [0, 0.05) is 58.1 Å². The number of furan rings is 1. The molecule has 9 nitrogen and oxygen atoms in total. The topological polar surface area (TPSA) is 87.1 Å². The number of fused-ring (bicyclic) bond motifs is 1. The van der Waals surface area contributed by atoms with Gasteiger partial charge in [-0.2, -0.15) is 0 Å². The van der Waals surface area contributed by atoms with Crippen LogP contribution in [0.2, 0.25) is 0 Å². The maximum Gasteiger partial charge on any atom is 0.203 e. The van der Waals surface area contributed by atoms with Gasteiger partial charge in [-0.15, -0.1) is 10.2 Å². The van der Waals surface area contributed by atoms with Crippen molar-refractivity contribution in [1.82, 2.24) is 29.8 Å². The van der Waals surface area contributed by atoms with E-state index in [1.165, 1.54) is 0 Å². The van der Waals surface area contributed by atoms with E-state index in [0.717, 1.165) is 55.8 Å². The molecule has 142 valence electrons. The number of aliphatic imine (C=N–C) groups is 1. The fraction of sp³-hybridized carbons (Fsp3) is 0.444. The maximum absolute atomic E-state index is 5.38. The van der Waals surface area contributed by atoms with Crippen molar-refractivity contribution >= 4 is 17.4 Å². The first-order valence-corrected chi connectivity index (χ1v) is 9.15. The number of guanidine groups is 1. The molecule has 9 heteroatoms. The zero-order valence-corrected chi connectivity index (χ0v) is 15.6. The third kappa shape index (κ3) is 3.57. The van der Waals surface area contributed by atoms with Crippen LogP contribution in [0.4, 0.5) is 5.82 Å². The molecule has 1 aliphatic rings. The molecule has 1 atom stereocenters. The van der Waals surface area contributed by atoms with Gasteiger partial charge < -0.3 is 19.5 Å². The molecule has 4 rings (SSSR count). The van der Waals surface area contributed by atoms with E-state index in [1.54, 1.807) is 18.8 Å².